The van der Waals surface area contributed by atoms with Crippen LogP contribution in [0.1, 0.15) is 46.6 Å². The standard InChI is InChI=1S/C21H28N4O5/c1-13(22-20(29)30-21(2,3)4)17(26)24-11-9-14(10-12-24)25-18(27)15-7-5-6-8-16(15)23-19(25)28/h5-8,13-14H,9-12H2,1-4H3,(H,22,29)(H,23,28). The molecule has 1 atom stereocenters. The maximum Gasteiger partial charge on any atom is 0.408 e. The third-order valence-electron chi connectivity index (χ3n) is 5.08. The van der Waals surface area contributed by atoms with Crippen LogP contribution in [0.4, 0.5) is 4.79 Å². The van der Waals surface area contributed by atoms with Crippen molar-refractivity contribution in [3.05, 3.63) is 45.1 Å². The summed E-state index contributed by atoms with van der Waals surface area (Å²) < 4.78 is 6.44. The first-order chi connectivity index (χ1) is 14.1. The highest BCUT2D eigenvalue weighted by Gasteiger charge is 2.29. The van der Waals surface area contributed by atoms with Crippen molar-refractivity contribution in [3.8, 4) is 0 Å². The summed E-state index contributed by atoms with van der Waals surface area (Å²) in [5.74, 6) is -0.223. The number of hydrogen-bond acceptors (Lipinski definition) is 5. The summed E-state index contributed by atoms with van der Waals surface area (Å²) in [6, 6.07) is 5.88. The second kappa shape index (κ2) is 8.33. The third-order valence-corrected chi connectivity index (χ3v) is 5.08. The smallest absolute Gasteiger partial charge is 0.408 e. The fraction of sp³-hybridized carbons (Fsp3) is 0.524. The lowest BCUT2D eigenvalue weighted by molar-refractivity contribution is -0.134. The van der Waals surface area contributed by atoms with Gasteiger partial charge in [0, 0.05) is 19.1 Å². The molecule has 1 fully saturated rings. The van der Waals surface area contributed by atoms with Gasteiger partial charge in [-0.3, -0.25) is 14.2 Å². The molecule has 1 aliphatic heterocycles. The van der Waals surface area contributed by atoms with Crippen molar-refractivity contribution in [1.82, 2.24) is 19.8 Å². The zero-order valence-electron chi connectivity index (χ0n) is 17.7. The predicted molar refractivity (Wildman–Crippen MR) is 113 cm³/mol. The van der Waals surface area contributed by atoms with Gasteiger partial charge < -0.3 is 19.9 Å². The number of benzene rings is 1. The van der Waals surface area contributed by atoms with Gasteiger partial charge in [-0.15, -0.1) is 0 Å². The molecule has 9 heteroatoms. The Morgan fingerprint density at radius 2 is 1.80 bits per heavy atom. The first kappa shape index (κ1) is 21.6. The van der Waals surface area contributed by atoms with Gasteiger partial charge in [-0.1, -0.05) is 12.1 Å². The molecule has 1 unspecified atom stereocenters. The molecule has 0 saturated carbocycles. The minimum atomic E-state index is -0.733. The van der Waals surface area contributed by atoms with E-state index < -0.39 is 23.4 Å². The number of piperidine rings is 1. The Labute approximate surface area is 174 Å². The van der Waals surface area contributed by atoms with Crippen LogP contribution in [0, 0.1) is 0 Å². The van der Waals surface area contributed by atoms with Crippen LogP contribution in [0.25, 0.3) is 10.9 Å². The van der Waals surface area contributed by atoms with Crippen molar-refractivity contribution < 1.29 is 14.3 Å². The fourth-order valence-corrected chi connectivity index (χ4v) is 3.67. The first-order valence-electron chi connectivity index (χ1n) is 10.1. The second-order valence-corrected chi connectivity index (χ2v) is 8.58. The number of rotatable bonds is 3. The van der Waals surface area contributed by atoms with E-state index in [1.165, 1.54) is 4.57 Å². The van der Waals surface area contributed by atoms with Gasteiger partial charge in [-0.25, -0.2) is 9.59 Å². The number of hydrogen-bond donors (Lipinski definition) is 2. The second-order valence-electron chi connectivity index (χ2n) is 8.58. The molecule has 162 valence electrons. The largest absolute Gasteiger partial charge is 0.444 e. The van der Waals surface area contributed by atoms with Crippen molar-refractivity contribution in [2.24, 2.45) is 0 Å². The van der Waals surface area contributed by atoms with Crippen LogP contribution in [0.2, 0.25) is 0 Å². The van der Waals surface area contributed by atoms with Crippen molar-refractivity contribution in [1.29, 1.82) is 0 Å². The van der Waals surface area contributed by atoms with Crippen LogP contribution in [-0.2, 0) is 9.53 Å². The van der Waals surface area contributed by atoms with E-state index in [4.69, 9.17) is 4.74 Å². The number of carbonyl (C=O) groups is 2. The van der Waals surface area contributed by atoms with Crippen LogP contribution in [-0.4, -0.2) is 51.2 Å². The van der Waals surface area contributed by atoms with Crippen molar-refractivity contribution >= 4 is 22.9 Å². The Hall–Kier alpha value is -3.10. The average molecular weight is 416 g/mol. The summed E-state index contributed by atoms with van der Waals surface area (Å²) in [5.41, 5.74) is -0.897. The molecule has 1 aromatic carbocycles. The summed E-state index contributed by atoms with van der Waals surface area (Å²) in [7, 11) is 0. The number of aromatic amines is 1. The lowest BCUT2D eigenvalue weighted by atomic mass is 10.0. The molecule has 2 amide bonds. The van der Waals surface area contributed by atoms with Gasteiger partial charge in [0.05, 0.1) is 10.9 Å². The highest BCUT2D eigenvalue weighted by molar-refractivity contribution is 5.85. The average Bonchev–Trinajstić information content (AvgIpc) is 2.66. The van der Waals surface area contributed by atoms with E-state index in [0.717, 1.165) is 0 Å². The number of carbonyl (C=O) groups excluding carboxylic acids is 2. The SMILES string of the molecule is CC(NC(=O)OC(C)(C)C)C(=O)N1CCC(n2c(=O)[nH]c3ccccc3c2=O)CC1. The molecular weight excluding hydrogens is 388 g/mol. The molecular formula is C21H28N4O5. The van der Waals surface area contributed by atoms with Crippen LogP contribution in [0.5, 0.6) is 0 Å². The topological polar surface area (TPSA) is 114 Å². The molecule has 0 spiro atoms. The number of aromatic nitrogens is 2. The normalized spacial score (nSPS) is 16.3. The number of ether oxygens (including phenoxy) is 1. The van der Waals surface area contributed by atoms with Gasteiger partial charge in [0.1, 0.15) is 11.6 Å². The Bertz CT molecular complexity index is 1060. The van der Waals surface area contributed by atoms with Crippen molar-refractivity contribution in [2.75, 3.05) is 13.1 Å². The number of alkyl carbamates (subject to hydrolysis) is 1. The maximum atomic E-state index is 12.8. The zero-order valence-corrected chi connectivity index (χ0v) is 17.7. The highest BCUT2D eigenvalue weighted by atomic mass is 16.6. The van der Waals surface area contributed by atoms with E-state index in [9.17, 15) is 19.2 Å². The summed E-state index contributed by atoms with van der Waals surface area (Å²) in [4.78, 5) is 54.2. The van der Waals surface area contributed by atoms with E-state index in [1.54, 1.807) is 56.9 Å². The van der Waals surface area contributed by atoms with E-state index in [1.807, 2.05) is 0 Å². The number of nitrogens with zero attached hydrogens (tertiary/aromatic N) is 2. The summed E-state index contributed by atoms with van der Waals surface area (Å²) in [5, 5.41) is 3.02. The Balaban J connectivity index is 1.66. The van der Waals surface area contributed by atoms with Crippen LogP contribution < -0.4 is 16.6 Å². The summed E-state index contributed by atoms with van der Waals surface area (Å²) in [6.45, 7) is 7.64. The summed E-state index contributed by atoms with van der Waals surface area (Å²) >= 11 is 0. The fourth-order valence-electron chi connectivity index (χ4n) is 3.67. The van der Waals surface area contributed by atoms with E-state index in [2.05, 4.69) is 10.3 Å². The Morgan fingerprint density at radius 1 is 1.17 bits per heavy atom. The molecule has 2 aromatic rings. The molecule has 30 heavy (non-hydrogen) atoms. The van der Waals surface area contributed by atoms with Gasteiger partial charge in [0.2, 0.25) is 5.91 Å². The summed E-state index contributed by atoms with van der Waals surface area (Å²) in [6.07, 6.45) is 0.311. The molecule has 2 heterocycles. The highest BCUT2D eigenvalue weighted by Crippen LogP contribution is 2.21. The minimum absolute atomic E-state index is 0.223. The molecule has 1 aliphatic rings. The quantitative estimate of drug-likeness (QED) is 0.792. The number of likely N-dealkylation sites (tertiary alicyclic amines) is 1. The number of amides is 2. The first-order valence-corrected chi connectivity index (χ1v) is 10.1. The van der Waals surface area contributed by atoms with Gasteiger partial charge in [0.15, 0.2) is 0 Å². The van der Waals surface area contributed by atoms with Gasteiger partial charge in [-0.05, 0) is 52.7 Å². The number of fused-ring (bicyclic) bond motifs is 1. The maximum absolute atomic E-state index is 12.8. The molecule has 3 rings (SSSR count). The van der Waals surface area contributed by atoms with Crippen LogP contribution >= 0.6 is 0 Å². The Morgan fingerprint density at radius 3 is 2.43 bits per heavy atom. The lowest BCUT2D eigenvalue weighted by Crippen LogP contribution is -2.51. The molecule has 2 N–H and O–H groups in total. The molecule has 0 radical (unpaired) electrons. The number of H-pyrrole nitrogens is 1. The molecule has 0 bridgehead atoms. The van der Waals surface area contributed by atoms with Crippen molar-refractivity contribution in [3.63, 3.8) is 0 Å². The third kappa shape index (κ3) is 4.72. The molecule has 0 aliphatic carbocycles. The monoisotopic (exact) mass is 416 g/mol. The van der Waals surface area contributed by atoms with E-state index in [0.29, 0.717) is 36.8 Å². The van der Waals surface area contributed by atoms with Gasteiger partial charge in [-0.2, -0.15) is 0 Å². The van der Waals surface area contributed by atoms with E-state index >= 15 is 0 Å². The van der Waals surface area contributed by atoms with E-state index in [-0.39, 0.29) is 17.5 Å². The molecule has 1 saturated heterocycles. The Kier molecular flexibility index (Phi) is 6.00. The van der Waals surface area contributed by atoms with Crippen molar-refractivity contribution in [2.45, 2.75) is 58.2 Å². The van der Waals surface area contributed by atoms with Gasteiger partial charge >= 0.3 is 11.8 Å². The minimum Gasteiger partial charge on any atom is -0.444 e. The van der Waals surface area contributed by atoms with Crippen LogP contribution in [0.15, 0.2) is 33.9 Å². The van der Waals surface area contributed by atoms with Crippen LogP contribution in [0.3, 0.4) is 0 Å². The molecule has 1 aromatic heterocycles. The molecule has 9 nitrogen and oxygen atoms in total. The number of nitrogens with one attached hydrogen (secondary N) is 2. The number of para-hydroxylation sites is 1. The lowest BCUT2D eigenvalue weighted by Gasteiger charge is -2.34. The zero-order chi connectivity index (χ0) is 22.1. The predicted octanol–water partition coefficient (Wildman–Crippen LogP) is 1.77. The van der Waals surface area contributed by atoms with Gasteiger partial charge in [0.25, 0.3) is 5.56 Å².